The Labute approximate surface area is 187 Å². The number of amides is 3. The highest BCUT2D eigenvalue weighted by molar-refractivity contribution is 5.80. The van der Waals surface area contributed by atoms with Gasteiger partial charge in [0.15, 0.2) is 0 Å². The molecule has 1 aromatic carbocycles. The lowest BCUT2D eigenvalue weighted by Gasteiger charge is -2.34. The van der Waals surface area contributed by atoms with Gasteiger partial charge in [0.1, 0.15) is 5.76 Å². The molecule has 9 heteroatoms. The van der Waals surface area contributed by atoms with Crippen LogP contribution in [0.5, 0.6) is 0 Å². The van der Waals surface area contributed by atoms with Crippen molar-refractivity contribution in [2.24, 2.45) is 0 Å². The van der Waals surface area contributed by atoms with Gasteiger partial charge in [0.05, 0.1) is 18.4 Å². The van der Waals surface area contributed by atoms with Gasteiger partial charge in [-0.1, -0.05) is 29.4 Å². The monoisotopic (exact) mass is 436 g/mol. The molecule has 2 aromatic heterocycles. The first-order valence-corrected chi connectivity index (χ1v) is 10.8. The summed E-state index contributed by atoms with van der Waals surface area (Å²) in [6.07, 6.45) is 5.75. The summed E-state index contributed by atoms with van der Waals surface area (Å²) in [4.78, 5) is 32.9. The van der Waals surface area contributed by atoms with Crippen molar-refractivity contribution < 1.29 is 14.1 Å². The topological polar surface area (TPSA) is 96.5 Å². The van der Waals surface area contributed by atoms with E-state index in [1.165, 1.54) is 0 Å². The molecule has 168 valence electrons. The lowest BCUT2D eigenvalue weighted by Crippen LogP contribution is -2.53. The minimum Gasteiger partial charge on any atom is -0.361 e. The van der Waals surface area contributed by atoms with Crippen LogP contribution >= 0.6 is 0 Å². The molecule has 9 nitrogen and oxygen atoms in total. The van der Waals surface area contributed by atoms with Gasteiger partial charge in [-0.3, -0.25) is 4.79 Å². The Morgan fingerprint density at radius 1 is 1.09 bits per heavy atom. The summed E-state index contributed by atoms with van der Waals surface area (Å²) in [5.41, 5.74) is 3.80. The molecule has 0 saturated carbocycles. The third-order valence-electron chi connectivity index (χ3n) is 5.79. The number of hydrogen-bond donors (Lipinski definition) is 1. The second-order valence-electron chi connectivity index (χ2n) is 8.06. The van der Waals surface area contributed by atoms with Crippen LogP contribution in [0.3, 0.4) is 0 Å². The van der Waals surface area contributed by atoms with E-state index in [0.717, 1.165) is 28.9 Å². The van der Waals surface area contributed by atoms with Crippen molar-refractivity contribution >= 4 is 11.9 Å². The molecule has 0 aliphatic carbocycles. The van der Waals surface area contributed by atoms with Crippen LogP contribution < -0.4 is 5.32 Å². The number of aromatic nitrogens is 3. The van der Waals surface area contributed by atoms with Crippen molar-refractivity contribution in [1.29, 1.82) is 0 Å². The van der Waals surface area contributed by atoms with E-state index >= 15 is 0 Å². The number of rotatable bonds is 6. The molecule has 0 bridgehead atoms. The summed E-state index contributed by atoms with van der Waals surface area (Å²) < 4.78 is 7.15. The summed E-state index contributed by atoms with van der Waals surface area (Å²) in [6.45, 7) is 6.94. The number of piperazine rings is 1. The highest BCUT2D eigenvalue weighted by atomic mass is 16.5. The quantitative estimate of drug-likeness (QED) is 0.639. The minimum absolute atomic E-state index is 0.0363. The van der Waals surface area contributed by atoms with Gasteiger partial charge in [-0.05, 0) is 25.0 Å². The lowest BCUT2D eigenvalue weighted by atomic mass is 10.1. The number of nitrogens with zero attached hydrogens (tertiary/aromatic N) is 5. The van der Waals surface area contributed by atoms with Crippen LogP contribution in [0.1, 0.15) is 28.1 Å². The van der Waals surface area contributed by atoms with E-state index in [-0.39, 0.29) is 18.4 Å². The largest absolute Gasteiger partial charge is 0.361 e. The van der Waals surface area contributed by atoms with Gasteiger partial charge < -0.3 is 24.2 Å². The average Bonchev–Trinajstić information content (AvgIpc) is 3.43. The van der Waals surface area contributed by atoms with Crippen LogP contribution in [0, 0.1) is 13.8 Å². The fourth-order valence-electron chi connectivity index (χ4n) is 3.89. The SMILES string of the molecule is Cc1noc(C)c1CC(=O)N1CCN(C(=O)NCc2cccc(Cn3ccnc3)c2)CC1. The van der Waals surface area contributed by atoms with Gasteiger partial charge in [0.2, 0.25) is 5.91 Å². The van der Waals surface area contributed by atoms with E-state index in [0.29, 0.717) is 38.5 Å². The van der Waals surface area contributed by atoms with Gasteiger partial charge in [0.25, 0.3) is 0 Å². The molecule has 1 aliphatic heterocycles. The zero-order chi connectivity index (χ0) is 22.5. The summed E-state index contributed by atoms with van der Waals surface area (Å²) in [6, 6.07) is 8.04. The predicted octanol–water partition coefficient (Wildman–Crippen LogP) is 2.13. The third kappa shape index (κ3) is 5.16. The number of imidazole rings is 1. The van der Waals surface area contributed by atoms with Crippen LogP contribution in [-0.2, 0) is 24.3 Å². The van der Waals surface area contributed by atoms with Crippen LogP contribution in [0.4, 0.5) is 4.79 Å². The van der Waals surface area contributed by atoms with E-state index in [4.69, 9.17) is 4.52 Å². The Hall–Kier alpha value is -3.62. The Balaban J connectivity index is 1.24. The van der Waals surface area contributed by atoms with Gasteiger partial charge in [-0.25, -0.2) is 9.78 Å². The minimum atomic E-state index is -0.108. The second kappa shape index (κ2) is 9.67. The first kappa shape index (κ1) is 21.6. The first-order valence-electron chi connectivity index (χ1n) is 10.8. The van der Waals surface area contributed by atoms with E-state index in [2.05, 4.69) is 27.6 Å². The van der Waals surface area contributed by atoms with Crippen molar-refractivity contribution in [3.05, 3.63) is 71.1 Å². The molecule has 1 fully saturated rings. The first-order chi connectivity index (χ1) is 15.5. The fraction of sp³-hybridized carbons (Fsp3) is 0.391. The average molecular weight is 437 g/mol. The predicted molar refractivity (Wildman–Crippen MR) is 118 cm³/mol. The molecule has 1 aliphatic rings. The normalized spacial score (nSPS) is 13.9. The van der Waals surface area contributed by atoms with Gasteiger partial charge >= 0.3 is 6.03 Å². The molecule has 0 atom stereocenters. The van der Waals surface area contributed by atoms with E-state index < -0.39 is 0 Å². The maximum atomic E-state index is 12.6. The Morgan fingerprint density at radius 2 is 1.84 bits per heavy atom. The lowest BCUT2D eigenvalue weighted by molar-refractivity contribution is -0.131. The standard InChI is InChI=1S/C23H28N6O3/c1-17-21(18(2)32-26-17)13-22(30)28-8-10-29(11-9-28)23(31)25-14-19-4-3-5-20(12-19)15-27-7-6-24-16-27/h3-7,12,16H,8-11,13-15H2,1-2H3,(H,25,31). The number of nitrogens with one attached hydrogen (secondary N) is 1. The third-order valence-corrected chi connectivity index (χ3v) is 5.79. The summed E-state index contributed by atoms with van der Waals surface area (Å²) in [7, 11) is 0. The van der Waals surface area contributed by atoms with Crippen LogP contribution in [-0.4, -0.2) is 62.6 Å². The van der Waals surface area contributed by atoms with Crippen molar-refractivity contribution in [1.82, 2.24) is 29.8 Å². The maximum Gasteiger partial charge on any atom is 0.317 e. The molecule has 3 amide bonds. The summed E-state index contributed by atoms with van der Waals surface area (Å²) in [5, 5.41) is 6.90. The highest BCUT2D eigenvalue weighted by Gasteiger charge is 2.25. The van der Waals surface area contributed by atoms with E-state index in [1.807, 2.05) is 36.7 Å². The van der Waals surface area contributed by atoms with E-state index in [1.54, 1.807) is 22.3 Å². The molecule has 1 saturated heterocycles. The summed E-state index contributed by atoms with van der Waals surface area (Å²) in [5.74, 6) is 0.720. The number of hydrogen-bond acceptors (Lipinski definition) is 5. The van der Waals surface area contributed by atoms with Gasteiger partial charge in [-0.15, -0.1) is 0 Å². The molecule has 4 rings (SSSR count). The van der Waals surface area contributed by atoms with Gasteiger partial charge in [-0.2, -0.15) is 0 Å². The van der Waals surface area contributed by atoms with Crippen molar-refractivity contribution in [3.63, 3.8) is 0 Å². The number of carbonyl (C=O) groups is 2. The fourth-order valence-corrected chi connectivity index (χ4v) is 3.89. The van der Waals surface area contributed by atoms with E-state index in [9.17, 15) is 9.59 Å². The molecular formula is C23H28N6O3. The molecular weight excluding hydrogens is 408 g/mol. The van der Waals surface area contributed by atoms with Crippen LogP contribution in [0.15, 0.2) is 47.5 Å². The zero-order valence-corrected chi connectivity index (χ0v) is 18.5. The van der Waals surface area contributed by atoms with Crippen molar-refractivity contribution in [3.8, 4) is 0 Å². The Kier molecular flexibility index (Phi) is 6.53. The molecule has 0 unspecified atom stereocenters. The molecule has 3 heterocycles. The molecule has 32 heavy (non-hydrogen) atoms. The maximum absolute atomic E-state index is 12.6. The van der Waals surface area contributed by atoms with Crippen molar-refractivity contribution in [2.45, 2.75) is 33.4 Å². The van der Waals surface area contributed by atoms with Crippen molar-refractivity contribution in [2.75, 3.05) is 26.2 Å². The molecule has 0 spiro atoms. The zero-order valence-electron chi connectivity index (χ0n) is 18.5. The van der Waals surface area contributed by atoms with Crippen LogP contribution in [0.25, 0.3) is 0 Å². The summed E-state index contributed by atoms with van der Waals surface area (Å²) >= 11 is 0. The smallest absolute Gasteiger partial charge is 0.317 e. The molecule has 3 aromatic rings. The Bertz CT molecular complexity index is 1050. The number of urea groups is 1. The number of benzene rings is 1. The second-order valence-corrected chi connectivity index (χ2v) is 8.06. The number of carbonyl (C=O) groups excluding carboxylic acids is 2. The van der Waals surface area contributed by atoms with Crippen LogP contribution in [0.2, 0.25) is 0 Å². The highest BCUT2D eigenvalue weighted by Crippen LogP contribution is 2.15. The Morgan fingerprint density at radius 3 is 2.53 bits per heavy atom. The molecule has 1 N–H and O–H groups in total. The molecule has 0 radical (unpaired) electrons. The van der Waals surface area contributed by atoms with Gasteiger partial charge in [0, 0.05) is 57.2 Å². The number of aryl methyl sites for hydroxylation is 2.